The van der Waals surface area contributed by atoms with Gasteiger partial charge >= 0.3 is 12.1 Å². The number of ether oxygens (including phenoxy) is 1. The molecule has 110 valence electrons. The van der Waals surface area contributed by atoms with E-state index >= 15 is 0 Å². The van der Waals surface area contributed by atoms with E-state index in [1.54, 1.807) is 20.8 Å². The second kappa shape index (κ2) is 5.48. The highest BCUT2D eigenvalue weighted by Crippen LogP contribution is 2.29. The number of amides is 1. The maximum Gasteiger partial charge on any atom is 0.410 e. The minimum atomic E-state index is -1.47. The number of nitrogens with zero attached hydrogens (tertiary/aromatic N) is 1. The SMILES string of the molecule is C[S@@](=O)C1(C(=O)O)CCN(C(=O)OC(C)(C)C)CC1. The molecule has 1 N–H and O–H groups in total. The molecule has 0 unspecified atom stereocenters. The van der Waals surface area contributed by atoms with Crippen LogP contribution in [0.5, 0.6) is 0 Å². The molecule has 6 nitrogen and oxygen atoms in total. The molecule has 1 heterocycles. The van der Waals surface area contributed by atoms with E-state index in [-0.39, 0.29) is 25.9 Å². The Kier molecular flexibility index (Phi) is 4.60. The molecule has 0 radical (unpaired) electrons. The Morgan fingerprint density at radius 2 is 1.74 bits per heavy atom. The highest BCUT2D eigenvalue weighted by Gasteiger charge is 2.46. The summed E-state index contributed by atoms with van der Waals surface area (Å²) in [5, 5.41) is 9.24. The standard InChI is InChI=1S/C12H21NO5S/c1-11(2,3)18-10(16)13-7-5-12(6-8-13,9(14)15)19(4)17/h5-8H2,1-4H3,(H,14,15)/t19-/m1/s1. The summed E-state index contributed by atoms with van der Waals surface area (Å²) in [5.74, 6) is -1.06. The van der Waals surface area contributed by atoms with Crippen LogP contribution in [0, 0.1) is 0 Å². The van der Waals surface area contributed by atoms with Crippen LogP contribution < -0.4 is 0 Å². The fraction of sp³-hybridized carbons (Fsp3) is 0.833. The van der Waals surface area contributed by atoms with Gasteiger partial charge in [0.2, 0.25) is 0 Å². The quantitative estimate of drug-likeness (QED) is 0.827. The molecule has 1 atom stereocenters. The second-order valence-electron chi connectivity index (χ2n) is 5.72. The zero-order valence-electron chi connectivity index (χ0n) is 11.8. The third kappa shape index (κ3) is 3.68. The van der Waals surface area contributed by atoms with Crippen LogP contribution in [0.15, 0.2) is 0 Å². The van der Waals surface area contributed by atoms with E-state index in [9.17, 15) is 18.9 Å². The van der Waals surface area contributed by atoms with E-state index in [1.807, 2.05) is 0 Å². The van der Waals surface area contributed by atoms with Gasteiger partial charge in [-0.25, -0.2) is 4.79 Å². The monoisotopic (exact) mass is 291 g/mol. The van der Waals surface area contributed by atoms with Crippen LogP contribution in [0.1, 0.15) is 33.6 Å². The molecule has 1 aliphatic rings. The minimum absolute atomic E-state index is 0.185. The maximum absolute atomic E-state index is 11.8. The van der Waals surface area contributed by atoms with E-state index in [2.05, 4.69) is 0 Å². The van der Waals surface area contributed by atoms with Crippen LogP contribution >= 0.6 is 0 Å². The predicted octanol–water partition coefficient (Wildman–Crippen LogP) is 1.22. The van der Waals surface area contributed by atoms with Gasteiger partial charge in [-0.2, -0.15) is 0 Å². The molecule has 1 fully saturated rings. The number of hydrogen-bond donors (Lipinski definition) is 1. The third-order valence-electron chi connectivity index (χ3n) is 3.16. The van der Waals surface area contributed by atoms with Gasteiger partial charge in [-0.15, -0.1) is 0 Å². The third-order valence-corrected chi connectivity index (χ3v) is 4.85. The molecule has 19 heavy (non-hydrogen) atoms. The van der Waals surface area contributed by atoms with Gasteiger partial charge in [0.25, 0.3) is 0 Å². The Bertz CT molecular complexity index is 377. The van der Waals surface area contributed by atoms with Crippen LogP contribution in [0.2, 0.25) is 0 Å². The number of aliphatic carboxylic acids is 1. The van der Waals surface area contributed by atoms with Gasteiger partial charge in [0.1, 0.15) is 10.3 Å². The molecule has 0 aromatic rings. The zero-order valence-corrected chi connectivity index (χ0v) is 12.6. The molecule has 0 aliphatic carbocycles. The Hall–Kier alpha value is -1.11. The molecule has 0 spiro atoms. The molecule has 0 saturated carbocycles. The Morgan fingerprint density at radius 3 is 2.05 bits per heavy atom. The fourth-order valence-corrected chi connectivity index (χ4v) is 3.00. The molecular weight excluding hydrogens is 270 g/mol. The minimum Gasteiger partial charge on any atom is -0.480 e. The largest absolute Gasteiger partial charge is 0.480 e. The molecule has 1 saturated heterocycles. The van der Waals surface area contributed by atoms with Gasteiger partial charge in [-0.3, -0.25) is 9.00 Å². The fourth-order valence-electron chi connectivity index (χ4n) is 2.00. The van der Waals surface area contributed by atoms with Crippen molar-refractivity contribution >= 4 is 22.9 Å². The van der Waals surface area contributed by atoms with Crippen molar-refractivity contribution in [1.29, 1.82) is 0 Å². The van der Waals surface area contributed by atoms with Crippen molar-refractivity contribution in [2.45, 2.75) is 44.0 Å². The Balaban J connectivity index is 2.69. The van der Waals surface area contributed by atoms with E-state index in [0.29, 0.717) is 0 Å². The van der Waals surface area contributed by atoms with Crippen molar-refractivity contribution in [3.63, 3.8) is 0 Å². The number of piperidine rings is 1. The zero-order chi connectivity index (χ0) is 14.8. The first kappa shape index (κ1) is 15.9. The van der Waals surface area contributed by atoms with Gasteiger partial charge in [0.05, 0.1) is 0 Å². The summed E-state index contributed by atoms with van der Waals surface area (Å²) in [6, 6.07) is 0. The van der Waals surface area contributed by atoms with Crippen molar-refractivity contribution in [2.24, 2.45) is 0 Å². The number of carboxylic acids is 1. The van der Waals surface area contributed by atoms with Crippen LogP contribution in [-0.2, 0) is 20.3 Å². The Labute approximate surface area is 115 Å². The topological polar surface area (TPSA) is 83.9 Å². The molecule has 0 aromatic carbocycles. The lowest BCUT2D eigenvalue weighted by molar-refractivity contribution is -0.141. The van der Waals surface area contributed by atoms with Gasteiger partial charge in [0, 0.05) is 30.1 Å². The smallest absolute Gasteiger partial charge is 0.410 e. The summed E-state index contributed by atoms with van der Waals surface area (Å²) >= 11 is 0. The highest BCUT2D eigenvalue weighted by molar-refractivity contribution is 7.86. The number of carbonyl (C=O) groups is 2. The van der Waals surface area contributed by atoms with Gasteiger partial charge in [-0.05, 0) is 33.6 Å². The van der Waals surface area contributed by atoms with Crippen LogP contribution in [0.4, 0.5) is 4.79 Å². The van der Waals surface area contributed by atoms with Crippen molar-refractivity contribution in [3.8, 4) is 0 Å². The molecule has 1 amide bonds. The lowest BCUT2D eigenvalue weighted by Crippen LogP contribution is -2.53. The summed E-state index contributed by atoms with van der Waals surface area (Å²) in [5.41, 5.74) is -0.577. The lowest BCUT2D eigenvalue weighted by Gasteiger charge is -2.37. The molecule has 0 aromatic heterocycles. The lowest BCUT2D eigenvalue weighted by atomic mass is 9.96. The number of carbonyl (C=O) groups excluding carboxylic acids is 1. The van der Waals surface area contributed by atoms with E-state index in [0.717, 1.165) is 0 Å². The van der Waals surface area contributed by atoms with E-state index < -0.39 is 33.2 Å². The van der Waals surface area contributed by atoms with Crippen molar-refractivity contribution in [3.05, 3.63) is 0 Å². The normalized spacial score (nSPS) is 20.7. The first-order chi connectivity index (χ1) is 8.58. The average molecular weight is 291 g/mol. The van der Waals surface area contributed by atoms with Crippen molar-refractivity contribution in [2.75, 3.05) is 19.3 Å². The second-order valence-corrected chi connectivity index (χ2v) is 7.41. The first-order valence-electron chi connectivity index (χ1n) is 6.13. The number of carboxylic acid groups (broad SMARTS) is 1. The first-order valence-corrected chi connectivity index (χ1v) is 7.69. The van der Waals surface area contributed by atoms with Gasteiger partial charge < -0.3 is 14.7 Å². The predicted molar refractivity (Wildman–Crippen MR) is 71.5 cm³/mol. The van der Waals surface area contributed by atoms with Gasteiger partial charge in [0.15, 0.2) is 0 Å². The van der Waals surface area contributed by atoms with Crippen molar-refractivity contribution in [1.82, 2.24) is 4.90 Å². The molecule has 1 aliphatic heterocycles. The number of likely N-dealkylation sites (tertiary alicyclic amines) is 1. The van der Waals surface area contributed by atoms with E-state index in [1.165, 1.54) is 11.2 Å². The number of hydrogen-bond acceptors (Lipinski definition) is 4. The summed E-state index contributed by atoms with van der Waals surface area (Å²) in [6.07, 6.45) is 1.32. The molecular formula is C12H21NO5S. The summed E-state index contributed by atoms with van der Waals surface area (Å²) in [6.45, 7) is 5.83. The van der Waals surface area contributed by atoms with E-state index in [4.69, 9.17) is 4.74 Å². The highest BCUT2D eigenvalue weighted by atomic mass is 32.2. The van der Waals surface area contributed by atoms with Crippen LogP contribution in [-0.4, -0.2) is 56.0 Å². The van der Waals surface area contributed by atoms with Crippen LogP contribution in [0.25, 0.3) is 0 Å². The number of rotatable bonds is 2. The molecule has 1 rings (SSSR count). The van der Waals surface area contributed by atoms with Gasteiger partial charge in [-0.1, -0.05) is 0 Å². The molecule has 7 heteroatoms. The average Bonchev–Trinajstić information content (AvgIpc) is 2.26. The summed E-state index contributed by atoms with van der Waals surface area (Å²) < 4.78 is 15.7. The van der Waals surface area contributed by atoms with Crippen molar-refractivity contribution < 1.29 is 23.6 Å². The molecule has 0 bridgehead atoms. The Morgan fingerprint density at radius 1 is 1.26 bits per heavy atom. The van der Waals surface area contributed by atoms with Crippen LogP contribution in [0.3, 0.4) is 0 Å². The summed E-state index contributed by atoms with van der Waals surface area (Å²) in [7, 11) is -1.47. The summed E-state index contributed by atoms with van der Waals surface area (Å²) in [4.78, 5) is 24.6. The maximum atomic E-state index is 11.8.